The van der Waals surface area contributed by atoms with E-state index < -0.39 is 0 Å². The van der Waals surface area contributed by atoms with Crippen LogP contribution in [0.3, 0.4) is 0 Å². The fourth-order valence-corrected chi connectivity index (χ4v) is 4.38. The van der Waals surface area contributed by atoms with Crippen LogP contribution in [0.2, 0.25) is 0 Å². The molecule has 0 bridgehead atoms. The number of hydrogen-bond acceptors (Lipinski definition) is 4. The molecule has 0 amide bonds. The monoisotopic (exact) mass is 380 g/mol. The lowest BCUT2D eigenvalue weighted by Crippen LogP contribution is -2.45. The van der Waals surface area contributed by atoms with E-state index in [0.717, 1.165) is 45.1 Å². The van der Waals surface area contributed by atoms with Crippen LogP contribution in [-0.4, -0.2) is 44.9 Å². The Bertz CT molecular complexity index is 801. The summed E-state index contributed by atoms with van der Waals surface area (Å²) < 4.78 is 11.0. The van der Waals surface area contributed by atoms with Crippen LogP contribution in [0.15, 0.2) is 42.5 Å². The Morgan fingerprint density at radius 3 is 2.68 bits per heavy atom. The summed E-state index contributed by atoms with van der Waals surface area (Å²) in [5.74, 6) is 2.03. The molecule has 0 aromatic heterocycles. The van der Waals surface area contributed by atoms with E-state index in [2.05, 4.69) is 66.5 Å². The molecule has 2 aliphatic heterocycles. The zero-order valence-corrected chi connectivity index (χ0v) is 17.3. The van der Waals surface area contributed by atoms with Gasteiger partial charge in [0.15, 0.2) is 0 Å². The van der Waals surface area contributed by atoms with Gasteiger partial charge in [0.05, 0.1) is 20.3 Å². The van der Waals surface area contributed by atoms with E-state index >= 15 is 0 Å². The molecule has 150 valence electrons. The zero-order chi connectivity index (χ0) is 19.5. The van der Waals surface area contributed by atoms with Crippen molar-refractivity contribution in [1.82, 2.24) is 10.2 Å². The molecule has 2 heterocycles. The normalized spacial score (nSPS) is 20.9. The summed E-state index contributed by atoms with van der Waals surface area (Å²) in [5, 5.41) is 3.73. The largest absolute Gasteiger partial charge is 0.496 e. The predicted molar refractivity (Wildman–Crippen MR) is 113 cm³/mol. The smallest absolute Gasteiger partial charge is 0.122 e. The number of ether oxygens (including phenoxy) is 2. The first-order valence-electron chi connectivity index (χ1n) is 10.4. The molecule has 1 N–H and O–H groups in total. The van der Waals surface area contributed by atoms with Crippen molar-refractivity contribution in [3.05, 3.63) is 64.7 Å². The fourth-order valence-electron chi connectivity index (χ4n) is 4.38. The maximum absolute atomic E-state index is 5.68. The molecular formula is C24H32N2O2. The molecule has 4 heteroatoms. The molecular weight excluding hydrogens is 348 g/mol. The van der Waals surface area contributed by atoms with Gasteiger partial charge in [-0.05, 0) is 28.7 Å². The molecule has 2 aromatic carbocycles. The Morgan fingerprint density at radius 2 is 1.96 bits per heavy atom. The van der Waals surface area contributed by atoms with Gasteiger partial charge in [0.2, 0.25) is 0 Å². The van der Waals surface area contributed by atoms with Gasteiger partial charge in [-0.1, -0.05) is 50.2 Å². The summed E-state index contributed by atoms with van der Waals surface area (Å²) in [6.07, 6.45) is 0. The molecule has 0 radical (unpaired) electrons. The molecule has 2 saturated heterocycles. The highest BCUT2D eigenvalue weighted by molar-refractivity contribution is 5.41. The standard InChI is InChI=1S/C24H32N2O2/c1-17(2)20-6-4-5-7-22(20)23-14-26(11-10-25-23)13-18-8-9-21(19-15-28-16-19)24(12-18)27-3/h4-9,12,17,19,23,25H,10-11,13-16H2,1-3H3/t23-/m0/s1. The molecule has 0 saturated carbocycles. The molecule has 4 nitrogen and oxygen atoms in total. The summed E-state index contributed by atoms with van der Waals surface area (Å²) in [7, 11) is 1.77. The molecule has 1 atom stereocenters. The summed E-state index contributed by atoms with van der Waals surface area (Å²) >= 11 is 0. The minimum Gasteiger partial charge on any atom is -0.496 e. The van der Waals surface area contributed by atoms with Gasteiger partial charge < -0.3 is 14.8 Å². The molecule has 0 spiro atoms. The van der Waals surface area contributed by atoms with E-state index in [-0.39, 0.29) is 0 Å². The highest BCUT2D eigenvalue weighted by atomic mass is 16.5. The van der Waals surface area contributed by atoms with Crippen molar-refractivity contribution >= 4 is 0 Å². The third-order valence-electron chi connectivity index (χ3n) is 6.03. The highest BCUT2D eigenvalue weighted by Gasteiger charge is 2.26. The lowest BCUT2D eigenvalue weighted by molar-refractivity contribution is 0.00751. The van der Waals surface area contributed by atoms with Crippen molar-refractivity contribution in [1.29, 1.82) is 0 Å². The SMILES string of the molecule is COc1cc(CN2CCN[C@H](c3ccccc3C(C)C)C2)ccc1C1COC1. The average Bonchev–Trinajstić information content (AvgIpc) is 2.68. The molecule has 28 heavy (non-hydrogen) atoms. The summed E-state index contributed by atoms with van der Waals surface area (Å²) in [6, 6.07) is 16.0. The Labute approximate surface area is 168 Å². The Balaban J connectivity index is 1.47. The number of hydrogen-bond donors (Lipinski definition) is 1. The van der Waals surface area contributed by atoms with Gasteiger partial charge in [0.25, 0.3) is 0 Å². The van der Waals surface area contributed by atoms with Gasteiger partial charge in [0, 0.05) is 43.7 Å². The number of rotatable bonds is 6. The predicted octanol–water partition coefficient (Wildman–Crippen LogP) is 4.08. The molecule has 2 aromatic rings. The second kappa shape index (κ2) is 8.64. The molecule has 4 rings (SSSR count). The van der Waals surface area contributed by atoms with E-state index in [9.17, 15) is 0 Å². The molecule has 0 aliphatic carbocycles. The molecule has 2 aliphatic rings. The van der Waals surface area contributed by atoms with Gasteiger partial charge in [0.1, 0.15) is 5.75 Å². The van der Waals surface area contributed by atoms with Gasteiger partial charge in [-0.2, -0.15) is 0 Å². The van der Waals surface area contributed by atoms with Crippen LogP contribution in [0, 0.1) is 0 Å². The van der Waals surface area contributed by atoms with Crippen molar-refractivity contribution < 1.29 is 9.47 Å². The maximum Gasteiger partial charge on any atom is 0.122 e. The number of methoxy groups -OCH3 is 1. The molecule has 2 fully saturated rings. The highest BCUT2D eigenvalue weighted by Crippen LogP contribution is 2.33. The van der Waals surface area contributed by atoms with Gasteiger partial charge in [-0.3, -0.25) is 4.90 Å². The van der Waals surface area contributed by atoms with Crippen LogP contribution in [0.25, 0.3) is 0 Å². The van der Waals surface area contributed by atoms with Gasteiger partial charge in [-0.25, -0.2) is 0 Å². The summed E-state index contributed by atoms with van der Waals surface area (Å²) in [5.41, 5.74) is 5.50. The van der Waals surface area contributed by atoms with Crippen LogP contribution in [-0.2, 0) is 11.3 Å². The third kappa shape index (κ3) is 4.09. The summed E-state index contributed by atoms with van der Waals surface area (Å²) in [6.45, 7) is 10.3. The van der Waals surface area contributed by atoms with Gasteiger partial charge in [-0.15, -0.1) is 0 Å². The number of benzene rings is 2. The molecule has 0 unspecified atom stereocenters. The van der Waals surface area contributed by atoms with Crippen molar-refractivity contribution in [2.75, 3.05) is 40.0 Å². The quantitative estimate of drug-likeness (QED) is 0.819. The minimum atomic E-state index is 0.389. The fraction of sp³-hybridized carbons (Fsp3) is 0.500. The van der Waals surface area contributed by atoms with Crippen molar-refractivity contribution in [3.63, 3.8) is 0 Å². The number of piperazine rings is 1. The Morgan fingerprint density at radius 1 is 1.14 bits per heavy atom. The topological polar surface area (TPSA) is 33.7 Å². The van der Waals surface area contributed by atoms with Crippen molar-refractivity contribution in [3.8, 4) is 5.75 Å². The van der Waals surface area contributed by atoms with E-state index in [4.69, 9.17) is 9.47 Å². The zero-order valence-electron chi connectivity index (χ0n) is 17.3. The van der Waals surface area contributed by atoms with Crippen LogP contribution >= 0.6 is 0 Å². The summed E-state index contributed by atoms with van der Waals surface area (Å²) in [4.78, 5) is 2.55. The third-order valence-corrected chi connectivity index (χ3v) is 6.03. The van der Waals surface area contributed by atoms with Crippen LogP contribution in [0.1, 0.15) is 54.0 Å². The van der Waals surface area contributed by atoms with E-state index in [0.29, 0.717) is 17.9 Å². The first kappa shape index (κ1) is 19.4. The Hall–Kier alpha value is -1.88. The Kier molecular flexibility index (Phi) is 6.00. The second-order valence-electron chi connectivity index (χ2n) is 8.34. The number of nitrogens with zero attached hydrogens (tertiary/aromatic N) is 1. The van der Waals surface area contributed by atoms with Crippen LogP contribution in [0.4, 0.5) is 0 Å². The lowest BCUT2D eigenvalue weighted by atomic mass is 9.91. The first-order chi connectivity index (χ1) is 13.7. The van der Waals surface area contributed by atoms with Gasteiger partial charge >= 0.3 is 0 Å². The lowest BCUT2D eigenvalue weighted by Gasteiger charge is -2.35. The second-order valence-corrected chi connectivity index (χ2v) is 8.34. The average molecular weight is 381 g/mol. The van der Waals surface area contributed by atoms with Crippen molar-refractivity contribution in [2.24, 2.45) is 0 Å². The van der Waals surface area contributed by atoms with Crippen molar-refractivity contribution in [2.45, 2.75) is 38.3 Å². The van der Waals surface area contributed by atoms with E-state index in [1.54, 1.807) is 7.11 Å². The number of nitrogens with one attached hydrogen (secondary N) is 1. The maximum atomic E-state index is 5.68. The van der Waals surface area contributed by atoms with E-state index in [1.165, 1.54) is 22.3 Å². The van der Waals surface area contributed by atoms with E-state index in [1.807, 2.05) is 0 Å². The first-order valence-corrected chi connectivity index (χ1v) is 10.4. The van der Waals surface area contributed by atoms with Crippen LogP contribution < -0.4 is 10.1 Å². The van der Waals surface area contributed by atoms with Crippen LogP contribution in [0.5, 0.6) is 5.75 Å². The minimum absolute atomic E-state index is 0.389.